The molecule has 1 aliphatic heterocycles. The number of nitrogens with zero attached hydrogens (tertiary/aromatic N) is 4. The number of rotatable bonds is 32. The molecule has 3 atom stereocenters. The molecular weight excluding hydrogens is 1070 g/mol. The monoisotopic (exact) mass is 1160 g/mol. The number of aliphatic carboxylic acids is 6. The van der Waals surface area contributed by atoms with Crippen molar-refractivity contribution in [3.05, 3.63) is 29.8 Å². The minimum Gasteiger partial charge on any atom is -0.481 e. The van der Waals surface area contributed by atoms with Crippen molar-refractivity contribution in [2.75, 3.05) is 91.6 Å². The molecule has 11 N–H and O–H groups in total. The smallest absolute Gasteiger partial charge is 0.326 e. The van der Waals surface area contributed by atoms with E-state index in [1.165, 1.54) is 39.0 Å². The molecule has 5 amide bonds. The minimum atomic E-state index is -2.97. The summed E-state index contributed by atoms with van der Waals surface area (Å²) in [5, 5.41) is 70.8. The van der Waals surface area contributed by atoms with Gasteiger partial charge in [-0.3, -0.25) is 67.5 Å². The molecule has 0 unspecified atom stereocenters. The van der Waals surface area contributed by atoms with Crippen LogP contribution in [-0.2, 0) is 47.9 Å². The summed E-state index contributed by atoms with van der Waals surface area (Å²) in [6.07, 6.45) is -0.0843. The van der Waals surface area contributed by atoms with Crippen molar-refractivity contribution in [1.82, 2.24) is 46.2 Å². The maximum Gasteiger partial charge on any atom is 0.326 e. The number of carbonyl (C=O) groups excluding carboxylic acids is 5. The molecule has 1 aromatic rings. The maximum atomic E-state index is 17.0. The fourth-order valence-electron chi connectivity index (χ4n) is 9.10. The number of hydrogen-bond acceptors (Lipinski definition) is 15. The number of halogens is 1. The van der Waals surface area contributed by atoms with Crippen LogP contribution in [0.3, 0.4) is 0 Å². The zero-order chi connectivity index (χ0) is 60.4. The van der Waals surface area contributed by atoms with Crippen LogP contribution in [0.4, 0.5) is 3.89 Å². The Morgan fingerprint density at radius 2 is 0.963 bits per heavy atom. The topological polar surface area (TPSA) is 382 Å². The lowest BCUT2D eigenvalue weighted by molar-refractivity contribution is -0.145. The van der Waals surface area contributed by atoms with Gasteiger partial charge < -0.3 is 57.2 Å². The van der Waals surface area contributed by atoms with Crippen molar-refractivity contribution in [2.45, 2.75) is 138 Å². The van der Waals surface area contributed by atoms with Gasteiger partial charge in [0.1, 0.15) is 18.1 Å². The Morgan fingerprint density at radius 3 is 1.38 bits per heavy atom. The molecule has 2 rings (SSSR count). The van der Waals surface area contributed by atoms with Gasteiger partial charge in [0.25, 0.3) is 5.91 Å². The second-order valence-electron chi connectivity index (χ2n) is 21.5. The zero-order valence-corrected chi connectivity index (χ0v) is 47.6. The van der Waals surface area contributed by atoms with E-state index >= 15 is 3.89 Å². The van der Waals surface area contributed by atoms with Gasteiger partial charge in [-0.2, -0.15) is 3.89 Å². The van der Waals surface area contributed by atoms with Crippen LogP contribution in [0.15, 0.2) is 29.2 Å². The molecule has 0 aliphatic carbocycles. The molecule has 1 aromatic carbocycles. The van der Waals surface area contributed by atoms with Gasteiger partial charge in [-0.1, -0.05) is 10.4 Å². The molecule has 26 nitrogen and oxygen atoms in total. The molecule has 1 heterocycles. The van der Waals surface area contributed by atoms with Crippen LogP contribution < -0.4 is 26.6 Å². The first-order valence-electron chi connectivity index (χ1n) is 26.6. The van der Waals surface area contributed by atoms with Crippen molar-refractivity contribution in [3.8, 4) is 0 Å². The van der Waals surface area contributed by atoms with Gasteiger partial charge in [-0.05, 0) is 104 Å². The van der Waals surface area contributed by atoms with Crippen LogP contribution in [0.2, 0.25) is 0 Å². The number of benzene rings is 1. The Balaban J connectivity index is 2.32. The van der Waals surface area contributed by atoms with Gasteiger partial charge in [-0.25, -0.2) is 4.79 Å². The Kier molecular flexibility index (Phi) is 29.5. The minimum absolute atomic E-state index is 0.0177. The largest absolute Gasteiger partial charge is 0.481 e. The fourth-order valence-corrected chi connectivity index (χ4v) is 12.9. The second-order valence-corrected chi connectivity index (χ2v) is 25.5. The third-order valence-corrected chi connectivity index (χ3v) is 17.4. The molecule has 0 aromatic heterocycles. The third kappa shape index (κ3) is 25.3. The van der Waals surface area contributed by atoms with Crippen molar-refractivity contribution in [2.24, 2.45) is 0 Å². The first-order valence-corrected chi connectivity index (χ1v) is 28.1. The average Bonchev–Trinajstić information content (AvgIpc) is 3.42. The molecule has 80 heavy (non-hydrogen) atoms. The molecule has 452 valence electrons. The highest BCUT2D eigenvalue weighted by molar-refractivity contribution is 8.31. The van der Waals surface area contributed by atoms with Crippen LogP contribution in [0.5, 0.6) is 0 Å². The van der Waals surface area contributed by atoms with Gasteiger partial charge in [0.15, 0.2) is 0 Å². The van der Waals surface area contributed by atoms with Gasteiger partial charge in [0.2, 0.25) is 23.6 Å². The summed E-state index contributed by atoms with van der Waals surface area (Å²) in [6, 6.07) is 1.30. The summed E-state index contributed by atoms with van der Waals surface area (Å²) in [4.78, 5) is 143. The third-order valence-electron chi connectivity index (χ3n) is 13.1. The van der Waals surface area contributed by atoms with Crippen molar-refractivity contribution in [1.29, 1.82) is 0 Å². The van der Waals surface area contributed by atoms with E-state index in [2.05, 4.69) is 26.6 Å². The summed E-state index contributed by atoms with van der Waals surface area (Å²) in [6.45, 7) is 9.36. The molecule has 1 aliphatic rings. The first kappa shape index (κ1) is 69.6. The Labute approximate surface area is 467 Å². The first-order chi connectivity index (χ1) is 37.3. The molecule has 0 spiro atoms. The lowest BCUT2D eigenvalue weighted by Gasteiger charge is -2.52. The number of carboxylic acid groups (broad SMARTS) is 6. The summed E-state index contributed by atoms with van der Waals surface area (Å²) in [5.74, 6) is -10.8. The predicted octanol–water partition coefficient (Wildman–Crippen LogP) is 1.26. The van der Waals surface area contributed by atoms with Gasteiger partial charge in [-0.15, -0.1) is 0 Å². The number of nitrogens with one attached hydrogen (secondary N) is 5. The summed E-state index contributed by atoms with van der Waals surface area (Å²) >= 11 is 0. The van der Waals surface area contributed by atoms with Crippen LogP contribution in [0, 0.1) is 0 Å². The molecule has 0 radical (unpaired) electrons. The fraction of sp³-hybridized carbons (Fsp3) is 0.673. The number of amides is 5. The van der Waals surface area contributed by atoms with E-state index in [9.17, 15) is 78.3 Å². The summed E-state index contributed by atoms with van der Waals surface area (Å²) in [7, 11) is -2.97. The molecule has 0 bridgehead atoms. The van der Waals surface area contributed by atoms with E-state index in [1.807, 2.05) is 0 Å². The normalized spacial score (nSPS) is 16.0. The maximum absolute atomic E-state index is 17.0. The van der Waals surface area contributed by atoms with Gasteiger partial charge in [0.05, 0.1) is 19.6 Å². The van der Waals surface area contributed by atoms with Crippen molar-refractivity contribution >= 4 is 75.8 Å². The molecule has 1 saturated heterocycles. The van der Waals surface area contributed by atoms with Crippen LogP contribution in [0.1, 0.15) is 116 Å². The highest BCUT2D eigenvalue weighted by Crippen LogP contribution is 2.73. The lowest BCUT2D eigenvalue weighted by atomic mass is 10.1. The van der Waals surface area contributed by atoms with Crippen LogP contribution >= 0.6 is 10.4 Å². The highest BCUT2D eigenvalue weighted by Gasteiger charge is 2.48. The summed E-state index contributed by atoms with van der Waals surface area (Å²) in [5.41, 5.74) is 0.0735. The average molecular weight is 1160 g/mol. The number of carbonyl (C=O) groups is 11. The van der Waals surface area contributed by atoms with E-state index in [4.69, 9.17) is 5.11 Å². The molecule has 0 saturated carbocycles. The van der Waals surface area contributed by atoms with Gasteiger partial charge >= 0.3 is 35.8 Å². The Morgan fingerprint density at radius 1 is 0.512 bits per heavy atom. The standard InChI is InChI=1S/C52H84FN9O17S/c1-51(2,3)80(53,52(4,5)6)36-15-13-35(14-16-36)47(74)56-31-38(48(75)58-37(49(76)77)11-7-9-21-54-40(63)19-20-41(64)55-22-10-8-12-43(66)67)57-42(65)18-17-39(50(78)79)62-29-27-60(33-45(70)71)25-23-59(32-44(68)69)24-26-61(28-30-62)34-46(72)73/h13-16,37-39H,7-12,17-34H2,1-6H3,(H,54,63)(H,55,64)(H,56,74)(H,57,65)(H,58,75)(H,66,67)(H,68,69)(H,70,71)(H,72,73)(H,76,77)(H,78,79)/t37-,38-,39+/m1/s1. The van der Waals surface area contributed by atoms with E-state index in [-0.39, 0.29) is 115 Å². The van der Waals surface area contributed by atoms with E-state index < -0.39 is 136 Å². The van der Waals surface area contributed by atoms with E-state index in [0.29, 0.717) is 17.7 Å². The van der Waals surface area contributed by atoms with Crippen molar-refractivity contribution < 1.29 is 87.3 Å². The molecule has 28 heteroatoms. The van der Waals surface area contributed by atoms with Crippen LogP contribution in [0.25, 0.3) is 0 Å². The molecular formula is C52H84FN9O17S. The number of unbranched alkanes of at least 4 members (excludes halogenated alkanes) is 2. The summed E-state index contributed by atoms with van der Waals surface area (Å²) < 4.78 is 15.4. The van der Waals surface area contributed by atoms with Gasteiger partial charge in [0, 0.05) is 118 Å². The molecule has 1 fully saturated rings. The Hall–Kier alpha value is -6.49. The van der Waals surface area contributed by atoms with E-state index in [0.717, 1.165) is 0 Å². The SMILES string of the molecule is CC(C)(C)S(F)(c1ccc(C(=O)NC[C@@H](NC(=O)CC[C@@H](C(=O)O)N2CCN(CC(=O)O)CCN(CC(=O)O)CCN(CC(=O)O)CC2)C(=O)N[C@H](CCCCNC(=O)CCC(=O)NCCCCC(=O)O)C(=O)O)cc1)C(C)(C)C. The second kappa shape index (κ2) is 33.9. The van der Waals surface area contributed by atoms with Crippen LogP contribution in [-0.4, -0.2) is 235 Å². The lowest BCUT2D eigenvalue weighted by Crippen LogP contribution is -2.56. The number of hydrogen-bond donors (Lipinski definition) is 11. The van der Waals surface area contributed by atoms with Crippen molar-refractivity contribution in [3.63, 3.8) is 0 Å². The quantitative estimate of drug-likeness (QED) is 0.0452. The highest BCUT2D eigenvalue weighted by atomic mass is 32.3. The van der Waals surface area contributed by atoms with E-state index in [1.54, 1.807) is 46.4 Å². The Bertz CT molecular complexity index is 2240. The number of carboxylic acids is 6. The predicted molar refractivity (Wildman–Crippen MR) is 292 cm³/mol. The zero-order valence-electron chi connectivity index (χ0n) is 46.8.